The molecule has 2 heterocycles. The van der Waals surface area contributed by atoms with Gasteiger partial charge in [0.05, 0.1) is 12.2 Å². The molecule has 1 amide bonds. The van der Waals surface area contributed by atoms with Gasteiger partial charge in [0.25, 0.3) is 5.91 Å². The SMILES string of the molecule is CC(C)(C)c1cc(NC(=O)c2ccccn2)n(Cc2ccccc2)n1. The highest BCUT2D eigenvalue weighted by atomic mass is 16.2. The van der Waals surface area contributed by atoms with Crippen LogP contribution in [-0.4, -0.2) is 20.7 Å². The summed E-state index contributed by atoms with van der Waals surface area (Å²) in [4.78, 5) is 16.6. The molecule has 0 aliphatic rings. The molecule has 0 bridgehead atoms. The summed E-state index contributed by atoms with van der Waals surface area (Å²) in [5.74, 6) is 0.430. The molecule has 25 heavy (non-hydrogen) atoms. The lowest BCUT2D eigenvalue weighted by Crippen LogP contribution is -2.17. The highest BCUT2D eigenvalue weighted by Gasteiger charge is 2.21. The Morgan fingerprint density at radius 2 is 1.80 bits per heavy atom. The summed E-state index contributed by atoms with van der Waals surface area (Å²) in [5.41, 5.74) is 2.33. The standard InChI is InChI=1S/C20H22N4O/c1-20(2,3)17-13-18(22-19(25)16-11-7-8-12-21-16)24(23-17)14-15-9-5-4-6-10-15/h4-13H,14H2,1-3H3,(H,22,25). The zero-order valence-electron chi connectivity index (χ0n) is 14.7. The maximum absolute atomic E-state index is 12.5. The number of anilines is 1. The average molecular weight is 334 g/mol. The molecular weight excluding hydrogens is 312 g/mol. The number of carbonyl (C=O) groups is 1. The fraction of sp³-hybridized carbons (Fsp3) is 0.250. The fourth-order valence-corrected chi connectivity index (χ4v) is 2.44. The van der Waals surface area contributed by atoms with Crippen molar-refractivity contribution in [3.8, 4) is 0 Å². The van der Waals surface area contributed by atoms with Gasteiger partial charge < -0.3 is 5.32 Å². The highest BCUT2D eigenvalue weighted by molar-refractivity contribution is 6.02. The predicted octanol–water partition coefficient (Wildman–Crippen LogP) is 3.88. The first kappa shape index (κ1) is 16.9. The first-order valence-electron chi connectivity index (χ1n) is 8.28. The predicted molar refractivity (Wildman–Crippen MR) is 98.7 cm³/mol. The van der Waals surface area contributed by atoms with E-state index in [1.807, 2.05) is 41.1 Å². The van der Waals surface area contributed by atoms with Gasteiger partial charge in [-0.3, -0.25) is 9.78 Å². The number of hydrogen-bond acceptors (Lipinski definition) is 3. The van der Waals surface area contributed by atoms with Gasteiger partial charge in [0.15, 0.2) is 0 Å². The maximum Gasteiger partial charge on any atom is 0.275 e. The van der Waals surface area contributed by atoms with Crippen LogP contribution >= 0.6 is 0 Å². The summed E-state index contributed by atoms with van der Waals surface area (Å²) in [6.07, 6.45) is 1.61. The molecule has 0 saturated carbocycles. The van der Waals surface area contributed by atoms with E-state index >= 15 is 0 Å². The first-order chi connectivity index (χ1) is 11.9. The summed E-state index contributed by atoms with van der Waals surface area (Å²) >= 11 is 0. The molecule has 0 fully saturated rings. The summed E-state index contributed by atoms with van der Waals surface area (Å²) < 4.78 is 1.83. The van der Waals surface area contributed by atoms with Gasteiger partial charge in [0, 0.05) is 17.7 Å². The van der Waals surface area contributed by atoms with Gasteiger partial charge in [-0.15, -0.1) is 0 Å². The van der Waals surface area contributed by atoms with Crippen molar-refractivity contribution < 1.29 is 4.79 Å². The number of carbonyl (C=O) groups excluding carboxylic acids is 1. The molecule has 128 valence electrons. The van der Waals surface area contributed by atoms with Crippen LogP contribution in [0.4, 0.5) is 5.82 Å². The number of aromatic nitrogens is 3. The molecular formula is C20H22N4O. The van der Waals surface area contributed by atoms with Crippen molar-refractivity contribution in [1.29, 1.82) is 0 Å². The van der Waals surface area contributed by atoms with Gasteiger partial charge in [-0.05, 0) is 17.7 Å². The van der Waals surface area contributed by atoms with Gasteiger partial charge in [-0.2, -0.15) is 5.10 Å². The molecule has 0 atom stereocenters. The van der Waals surface area contributed by atoms with E-state index < -0.39 is 0 Å². The third-order valence-corrected chi connectivity index (χ3v) is 3.86. The Morgan fingerprint density at radius 1 is 1.08 bits per heavy atom. The van der Waals surface area contributed by atoms with Crippen LogP contribution in [0.3, 0.4) is 0 Å². The van der Waals surface area contributed by atoms with Gasteiger partial charge in [0.1, 0.15) is 11.5 Å². The van der Waals surface area contributed by atoms with Crippen molar-refractivity contribution in [2.24, 2.45) is 0 Å². The molecule has 0 aliphatic carbocycles. The lowest BCUT2D eigenvalue weighted by molar-refractivity contribution is 0.102. The van der Waals surface area contributed by atoms with Crippen LogP contribution in [0.2, 0.25) is 0 Å². The van der Waals surface area contributed by atoms with Crippen LogP contribution in [0, 0.1) is 0 Å². The minimum Gasteiger partial charge on any atom is -0.305 e. The molecule has 5 heteroatoms. The van der Waals surface area contributed by atoms with Crippen LogP contribution in [0.25, 0.3) is 0 Å². The Balaban J connectivity index is 1.91. The number of rotatable bonds is 4. The normalized spacial score (nSPS) is 11.3. The van der Waals surface area contributed by atoms with E-state index in [9.17, 15) is 4.79 Å². The van der Waals surface area contributed by atoms with Crippen LogP contribution in [0.15, 0.2) is 60.8 Å². The number of benzene rings is 1. The van der Waals surface area contributed by atoms with E-state index in [4.69, 9.17) is 5.10 Å². The average Bonchev–Trinajstić information content (AvgIpc) is 2.99. The maximum atomic E-state index is 12.5. The van der Waals surface area contributed by atoms with Gasteiger partial charge >= 0.3 is 0 Å². The van der Waals surface area contributed by atoms with Crippen LogP contribution in [-0.2, 0) is 12.0 Å². The Kier molecular flexibility index (Phi) is 4.65. The largest absolute Gasteiger partial charge is 0.305 e. The minimum absolute atomic E-state index is 0.105. The molecule has 0 unspecified atom stereocenters. The minimum atomic E-state index is -0.240. The van der Waals surface area contributed by atoms with Crippen molar-refractivity contribution in [3.05, 3.63) is 77.7 Å². The molecule has 1 aromatic carbocycles. The quantitative estimate of drug-likeness (QED) is 0.788. The molecule has 3 aromatic rings. The summed E-state index contributed by atoms with van der Waals surface area (Å²) in [6.45, 7) is 6.90. The van der Waals surface area contributed by atoms with Crippen LogP contribution < -0.4 is 5.32 Å². The number of nitrogens with zero attached hydrogens (tertiary/aromatic N) is 3. The van der Waals surface area contributed by atoms with Crippen molar-refractivity contribution in [2.75, 3.05) is 5.32 Å². The zero-order chi connectivity index (χ0) is 17.9. The van der Waals surface area contributed by atoms with Gasteiger partial charge in [-0.1, -0.05) is 57.2 Å². The van der Waals surface area contributed by atoms with Gasteiger partial charge in [-0.25, -0.2) is 4.68 Å². The van der Waals surface area contributed by atoms with Crippen molar-refractivity contribution in [3.63, 3.8) is 0 Å². The monoisotopic (exact) mass is 334 g/mol. The van der Waals surface area contributed by atoms with E-state index in [-0.39, 0.29) is 11.3 Å². The summed E-state index contributed by atoms with van der Waals surface area (Å²) in [7, 11) is 0. The van der Waals surface area contributed by atoms with Crippen molar-refractivity contribution >= 4 is 11.7 Å². The fourth-order valence-electron chi connectivity index (χ4n) is 2.44. The lowest BCUT2D eigenvalue weighted by Gasteiger charge is -2.14. The molecule has 0 aliphatic heterocycles. The summed E-state index contributed by atoms with van der Waals surface area (Å²) in [5, 5.41) is 7.64. The number of pyridine rings is 1. The summed E-state index contributed by atoms with van der Waals surface area (Å²) in [6, 6.07) is 17.3. The highest BCUT2D eigenvalue weighted by Crippen LogP contribution is 2.25. The van der Waals surface area contributed by atoms with E-state index in [0.29, 0.717) is 18.1 Å². The van der Waals surface area contributed by atoms with Crippen LogP contribution in [0.5, 0.6) is 0 Å². The second-order valence-electron chi connectivity index (χ2n) is 6.98. The third-order valence-electron chi connectivity index (χ3n) is 3.86. The molecule has 1 N–H and O–H groups in total. The topological polar surface area (TPSA) is 59.8 Å². The Morgan fingerprint density at radius 3 is 2.44 bits per heavy atom. The zero-order valence-corrected chi connectivity index (χ0v) is 14.7. The number of amides is 1. The molecule has 5 nitrogen and oxygen atoms in total. The number of hydrogen-bond donors (Lipinski definition) is 1. The van der Waals surface area contributed by atoms with Crippen LogP contribution in [0.1, 0.15) is 42.5 Å². The molecule has 3 rings (SSSR count). The molecule has 0 radical (unpaired) electrons. The smallest absolute Gasteiger partial charge is 0.275 e. The van der Waals surface area contributed by atoms with E-state index in [0.717, 1.165) is 11.3 Å². The molecule has 2 aromatic heterocycles. The van der Waals surface area contributed by atoms with E-state index in [2.05, 4.69) is 31.1 Å². The molecule has 0 saturated heterocycles. The first-order valence-corrected chi connectivity index (χ1v) is 8.28. The van der Waals surface area contributed by atoms with E-state index in [1.165, 1.54) is 0 Å². The second-order valence-corrected chi connectivity index (χ2v) is 6.98. The number of nitrogens with one attached hydrogen (secondary N) is 1. The Hall–Kier alpha value is -2.95. The second kappa shape index (κ2) is 6.89. The van der Waals surface area contributed by atoms with E-state index in [1.54, 1.807) is 24.4 Å². The lowest BCUT2D eigenvalue weighted by atomic mass is 9.92. The Labute approximate surface area is 147 Å². The van der Waals surface area contributed by atoms with Gasteiger partial charge in [0.2, 0.25) is 0 Å². The van der Waals surface area contributed by atoms with Crippen molar-refractivity contribution in [2.45, 2.75) is 32.7 Å². The Bertz CT molecular complexity index is 848. The molecule has 0 spiro atoms. The third kappa shape index (κ3) is 4.12. The van der Waals surface area contributed by atoms with Crippen molar-refractivity contribution in [1.82, 2.24) is 14.8 Å².